The van der Waals surface area contributed by atoms with Gasteiger partial charge in [-0.1, -0.05) is 23.2 Å². The number of amides is 1. The van der Waals surface area contributed by atoms with Gasteiger partial charge in [-0.15, -0.1) is 0 Å². The smallest absolute Gasteiger partial charge is 0.252 e. The SMILES string of the molecule is CC(CNC(=O)c1cc(S(N)(=O)=O)cc(Cl)c1Cl)S(C)=O. The summed E-state index contributed by atoms with van der Waals surface area (Å²) in [5.41, 5.74) is -0.109. The minimum Gasteiger partial charge on any atom is -0.351 e. The number of carbonyl (C=O) groups excluding carboxylic acids is 1. The lowest BCUT2D eigenvalue weighted by molar-refractivity contribution is 0.0954. The lowest BCUT2D eigenvalue weighted by Crippen LogP contribution is -2.33. The van der Waals surface area contributed by atoms with Gasteiger partial charge in [0, 0.05) is 28.9 Å². The van der Waals surface area contributed by atoms with Crippen molar-refractivity contribution in [2.45, 2.75) is 17.1 Å². The lowest BCUT2D eigenvalue weighted by atomic mass is 10.2. The van der Waals surface area contributed by atoms with Gasteiger partial charge in [-0.25, -0.2) is 13.6 Å². The van der Waals surface area contributed by atoms with Crippen molar-refractivity contribution in [2.24, 2.45) is 5.14 Å². The molecule has 1 aromatic carbocycles. The van der Waals surface area contributed by atoms with Gasteiger partial charge in [-0.2, -0.15) is 0 Å². The van der Waals surface area contributed by atoms with E-state index in [9.17, 15) is 17.4 Å². The zero-order valence-electron chi connectivity index (χ0n) is 11.2. The predicted molar refractivity (Wildman–Crippen MR) is 83.7 cm³/mol. The lowest BCUT2D eigenvalue weighted by Gasteiger charge is -2.12. The molecule has 0 heterocycles. The summed E-state index contributed by atoms with van der Waals surface area (Å²) in [5, 5.41) is 7.09. The Morgan fingerprint density at radius 1 is 1.43 bits per heavy atom. The van der Waals surface area contributed by atoms with Gasteiger partial charge in [-0.05, 0) is 19.1 Å². The summed E-state index contributed by atoms with van der Waals surface area (Å²) in [7, 11) is -5.12. The second-order valence-corrected chi connectivity index (χ2v) is 8.48. The van der Waals surface area contributed by atoms with Crippen LogP contribution in [0.3, 0.4) is 0 Å². The minimum absolute atomic E-state index is 0.0770. The molecule has 0 aliphatic rings. The number of benzene rings is 1. The van der Waals surface area contributed by atoms with Gasteiger partial charge < -0.3 is 5.32 Å². The van der Waals surface area contributed by atoms with Gasteiger partial charge in [0.15, 0.2) is 0 Å². The first-order chi connectivity index (χ1) is 9.54. The molecule has 2 unspecified atom stereocenters. The van der Waals surface area contributed by atoms with Crippen molar-refractivity contribution >= 4 is 49.9 Å². The van der Waals surface area contributed by atoms with Crippen LogP contribution in [0.25, 0.3) is 0 Å². The number of nitrogens with two attached hydrogens (primary N) is 1. The Morgan fingerprint density at radius 3 is 2.48 bits per heavy atom. The van der Waals surface area contributed by atoms with Crippen LogP contribution < -0.4 is 10.5 Å². The predicted octanol–water partition coefficient (Wildman–Crippen LogP) is 1.14. The third-order valence-corrected chi connectivity index (χ3v) is 5.69. The number of sulfonamides is 1. The fourth-order valence-electron chi connectivity index (χ4n) is 1.34. The summed E-state index contributed by atoms with van der Waals surface area (Å²) in [6.45, 7) is 1.85. The Morgan fingerprint density at radius 2 is 2.00 bits per heavy atom. The topological polar surface area (TPSA) is 106 Å². The van der Waals surface area contributed by atoms with E-state index >= 15 is 0 Å². The molecular formula is C11H14Cl2N2O4S2. The molecule has 0 aliphatic carbocycles. The molecule has 0 saturated carbocycles. The molecule has 21 heavy (non-hydrogen) atoms. The van der Waals surface area contributed by atoms with Crippen LogP contribution in [-0.2, 0) is 20.8 Å². The monoisotopic (exact) mass is 372 g/mol. The maximum absolute atomic E-state index is 12.0. The molecule has 118 valence electrons. The highest BCUT2D eigenvalue weighted by Crippen LogP contribution is 2.29. The molecule has 0 fully saturated rings. The van der Waals surface area contributed by atoms with Crippen molar-refractivity contribution in [3.8, 4) is 0 Å². The summed E-state index contributed by atoms with van der Waals surface area (Å²) < 4.78 is 33.9. The van der Waals surface area contributed by atoms with Crippen LogP contribution in [0.1, 0.15) is 17.3 Å². The Labute approximate surface area is 135 Å². The number of nitrogens with one attached hydrogen (secondary N) is 1. The first-order valence-electron chi connectivity index (χ1n) is 5.66. The summed E-state index contributed by atoms with van der Waals surface area (Å²) in [6, 6.07) is 2.12. The third kappa shape index (κ3) is 4.93. The first kappa shape index (κ1) is 18.4. The first-order valence-corrected chi connectivity index (χ1v) is 9.58. The fourth-order valence-corrected chi connectivity index (χ4v) is 2.70. The van der Waals surface area contributed by atoms with Crippen molar-refractivity contribution in [3.05, 3.63) is 27.7 Å². The van der Waals surface area contributed by atoms with E-state index in [0.29, 0.717) is 0 Å². The van der Waals surface area contributed by atoms with Crippen LogP contribution in [0.4, 0.5) is 0 Å². The number of primary sulfonamides is 1. The van der Waals surface area contributed by atoms with E-state index in [1.165, 1.54) is 6.26 Å². The maximum Gasteiger partial charge on any atom is 0.252 e. The van der Waals surface area contributed by atoms with Crippen LogP contribution in [0.15, 0.2) is 17.0 Å². The number of carbonyl (C=O) groups is 1. The molecule has 0 spiro atoms. The minimum atomic E-state index is -4.01. The van der Waals surface area contributed by atoms with Crippen molar-refractivity contribution in [1.82, 2.24) is 5.32 Å². The summed E-state index contributed by atoms with van der Waals surface area (Å²) in [4.78, 5) is 11.7. The molecule has 3 N–H and O–H groups in total. The van der Waals surface area contributed by atoms with Crippen molar-refractivity contribution in [3.63, 3.8) is 0 Å². The van der Waals surface area contributed by atoms with Gasteiger partial charge in [0.05, 0.1) is 20.5 Å². The average Bonchev–Trinajstić information content (AvgIpc) is 2.37. The maximum atomic E-state index is 12.0. The molecule has 1 rings (SSSR count). The zero-order valence-corrected chi connectivity index (χ0v) is 14.4. The number of rotatable bonds is 5. The van der Waals surface area contributed by atoms with Crippen molar-refractivity contribution in [2.75, 3.05) is 12.8 Å². The highest BCUT2D eigenvalue weighted by Gasteiger charge is 2.19. The summed E-state index contributed by atoms with van der Waals surface area (Å²) >= 11 is 11.7. The van der Waals surface area contributed by atoms with Crippen LogP contribution in [-0.4, -0.2) is 36.6 Å². The highest BCUT2D eigenvalue weighted by molar-refractivity contribution is 7.89. The van der Waals surface area contributed by atoms with Crippen molar-refractivity contribution < 1.29 is 17.4 Å². The third-order valence-electron chi connectivity index (χ3n) is 2.69. The van der Waals surface area contributed by atoms with Gasteiger partial charge in [0.2, 0.25) is 10.0 Å². The van der Waals surface area contributed by atoms with E-state index < -0.39 is 26.7 Å². The number of hydrogen-bond acceptors (Lipinski definition) is 4. The van der Waals surface area contributed by atoms with Gasteiger partial charge >= 0.3 is 0 Å². The number of hydrogen-bond donors (Lipinski definition) is 2. The highest BCUT2D eigenvalue weighted by atomic mass is 35.5. The zero-order chi connectivity index (χ0) is 16.4. The van der Waals surface area contributed by atoms with E-state index in [0.717, 1.165) is 12.1 Å². The normalized spacial score (nSPS) is 14.5. The summed E-state index contributed by atoms with van der Waals surface area (Å²) in [5.74, 6) is -0.621. The molecule has 1 amide bonds. The Kier molecular flexibility index (Phi) is 6.18. The molecule has 0 radical (unpaired) electrons. The van der Waals surface area contributed by atoms with Crippen LogP contribution in [0.2, 0.25) is 10.0 Å². The molecule has 0 saturated heterocycles. The fraction of sp³-hybridized carbons (Fsp3) is 0.364. The van der Waals surface area contributed by atoms with Crippen LogP contribution in [0, 0.1) is 0 Å². The van der Waals surface area contributed by atoms with E-state index in [1.54, 1.807) is 6.92 Å². The molecule has 0 aromatic heterocycles. The average molecular weight is 373 g/mol. The van der Waals surface area contributed by atoms with Crippen LogP contribution in [0.5, 0.6) is 0 Å². The largest absolute Gasteiger partial charge is 0.351 e. The molecule has 2 atom stereocenters. The van der Waals surface area contributed by atoms with Gasteiger partial charge in [-0.3, -0.25) is 9.00 Å². The van der Waals surface area contributed by atoms with Gasteiger partial charge in [0.1, 0.15) is 0 Å². The quantitative estimate of drug-likeness (QED) is 0.807. The van der Waals surface area contributed by atoms with Crippen LogP contribution >= 0.6 is 23.2 Å². The van der Waals surface area contributed by atoms with E-state index in [-0.39, 0.29) is 32.3 Å². The van der Waals surface area contributed by atoms with E-state index in [1.807, 2.05) is 0 Å². The van der Waals surface area contributed by atoms with Crippen molar-refractivity contribution in [1.29, 1.82) is 0 Å². The standard InChI is InChI=1S/C11H14Cl2N2O4S2/c1-6(20(2)17)5-15-11(16)8-3-7(21(14,18)19)4-9(12)10(8)13/h3-4,6H,5H2,1-2H3,(H,15,16)(H2,14,18,19). The molecule has 6 nitrogen and oxygen atoms in total. The molecule has 0 aliphatic heterocycles. The van der Waals surface area contributed by atoms with Gasteiger partial charge in [0.25, 0.3) is 5.91 Å². The summed E-state index contributed by atoms with van der Waals surface area (Å²) in [6.07, 6.45) is 1.52. The molecule has 1 aromatic rings. The molecule has 10 heteroatoms. The molecule has 0 bridgehead atoms. The Hall–Kier alpha value is -0.670. The Balaban J connectivity index is 3.09. The number of halogens is 2. The molecular weight excluding hydrogens is 359 g/mol. The second kappa shape index (κ2) is 7.06. The Bertz CT molecular complexity index is 692. The second-order valence-electron chi connectivity index (χ2n) is 4.33. The van der Waals surface area contributed by atoms with E-state index in [2.05, 4.69) is 5.32 Å². The van der Waals surface area contributed by atoms with E-state index in [4.69, 9.17) is 28.3 Å².